The molecule has 0 bridgehead atoms. The Labute approximate surface area is 148 Å². The number of ether oxygens (including phenoxy) is 1. The molecule has 0 spiro atoms. The minimum Gasteiger partial charge on any atom is -0.450 e. The van der Waals surface area contributed by atoms with Crippen LogP contribution in [0.2, 0.25) is 5.02 Å². The number of carbonyl (C=O) groups is 2. The van der Waals surface area contributed by atoms with E-state index in [1.807, 2.05) is 12.1 Å². The Bertz CT molecular complexity index is 764. The highest BCUT2D eigenvalue weighted by atomic mass is 35.5. The number of rotatable bonds is 3. The lowest BCUT2D eigenvalue weighted by molar-refractivity contribution is -0.121. The number of benzene rings is 1. The number of aromatic nitrogens is 1. The molecular formula is C16H18ClN3O3S. The van der Waals surface area contributed by atoms with Gasteiger partial charge in [-0.1, -0.05) is 22.9 Å². The Morgan fingerprint density at radius 1 is 1.50 bits per heavy atom. The van der Waals surface area contributed by atoms with Gasteiger partial charge in [0, 0.05) is 18.1 Å². The van der Waals surface area contributed by atoms with E-state index in [2.05, 4.69) is 10.3 Å². The number of nitrogens with zero attached hydrogens (tertiary/aromatic N) is 2. The number of likely N-dealkylation sites (tertiary alicyclic amines) is 1. The first-order valence-corrected chi connectivity index (χ1v) is 9.05. The van der Waals surface area contributed by atoms with E-state index < -0.39 is 0 Å². The summed E-state index contributed by atoms with van der Waals surface area (Å²) in [5.41, 5.74) is 0.802. The first-order valence-electron chi connectivity index (χ1n) is 7.85. The molecule has 1 saturated heterocycles. The van der Waals surface area contributed by atoms with Crippen LogP contribution in [0, 0.1) is 5.92 Å². The molecule has 1 atom stereocenters. The predicted octanol–water partition coefficient (Wildman–Crippen LogP) is 3.76. The second kappa shape index (κ2) is 7.36. The van der Waals surface area contributed by atoms with Gasteiger partial charge < -0.3 is 15.0 Å². The van der Waals surface area contributed by atoms with Crippen molar-refractivity contribution in [2.45, 2.75) is 19.8 Å². The van der Waals surface area contributed by atoms with Gasteiger partial charge in [-0.3, -0.25) is 4.79 Å². The van der Waals surface area contributed by atoms with E-state index in [1.165, 1.54) is 11.3 Å². The summed E-state index contributed by atoms with van der Waals surface area (Å²) < 4.78 is 5.94. The van der Waals surface area contributed by atoms with Gasteiger partial charge in [0.25, 0.3) is 0 Å². The first kappa shape index (κ1) is 17.0. The molecule has 1 fully saturated rings. The molecular weight excluding hydrogens is 350 g/mol. The zero-order valence-electron chi connectivity index (χ0n) is 13.3. The van der Waals surface area contributed by atoms with Gasteiger partial charge in [0.1, 0.15) is 0 Å². The quantitative estimate of drug-likeness (QED) is 0.896. The topological polar surface area (TPSA) is 71.5 Å². The molecule has 24 heavy (non-hydrogen) atoms. The second-order valence-corrected chi connectivity index (χ2v) is 7.07. The Hall–Kier alpha value is -1.86. The number of amides is 2. The fourth-order valence-corrected chi connectivity index (χ4v) is 3.88. The first-order chi connectivity index (χ1) is 11.6. The van der Waals surface area contributed by atoms with Crippen LogP contribution < -0.4 is 5.32 Å². The van der Waals surface area contributed by atoms with E-state index in [0.717, 1.165) is 23.1 Å². The molecule has 0 saturated carbocycles. The van der Waals surface area contributed by atoms with Crippen molar-refractivity contribution in [1.29, 1.82) is 0 Å². The fourth-order valence-electron chi connectivity index (χ4n) is 2.73. The van der Waals surface area contributed by atoms with Crippen LogP contribution in [0.1, 0.15) is 19.8 Å². The van der Waals surface area contributed by atoms with E-state index in [-0.39, 0.29) is 17.9 Å². The largest absolute Gasteiger partial charge is 0.450 e. The fraction of sp³-hybridized carbons (Fsp3) is 0.438. The molecule has 2 aromatic rings. The third-order valence-corrected chi connectivity index (χ3v) is 5.07. The van der Waals surface area contributed by atoms with Crippen LogP contribution in [0.3, 0.4) is 0 Å². The molecule has 1 unspecified atom stereocenters. The molecule has 1 aliphatic rings. The van der Waals surface area contributed by atoms with Gasteiger partial charge >= 0.3 is 6.09 Å². The van der Waals surface area contributed by atoms with E-state index in [0.29, 0.717) is 29.9 Å². The summed E-state index contributed by atoms with van der Waals surface area (Å²) in [6.45, 7) is 3.11. The minimum absolute atomic E-state index is 0.117. The highest BCUT2D eigenvalue weighted by Gasteiger charge is 2.29. The maximum atomic E-state index is 12.5. The molecule has 3 rings (SSSR count). The number of halogens is 1. The van der Waals surface area contributed by atoms with Crippen LogP contribution in [0.15, 0.2) is 18.2 Å². The van der Waals surface area contributed by atoms with Crippen molar-refractivity contribution >= 4 is 50.3 Å². The average Bonchev–Trinajstić information content (AvgIpc) is 2.96. The van der Waals surface area contributed by atoms with Gasteiger partial charge in [-0.25, -0.2) is 9.78 Å². The summed E-state index contributed by atoms with van der Waals surface area (Å²) in [4.78, 5) is 30.3. The number of thiazole rings is 1. The highest BCUT2D eigenvalue weighted by Crippen LogP contribution is 2.29. The Morgan fingerprint density at radius 2 is 2.33 bits per heavy atom. The lowest BCUT2D eigenvalue weighted by atomic mass is 9.97. The third-order valence-electron chi connectivity index (χ3n) is 3.90. The molecule has 1 aromatic heterocycles. The Morgan fingerprint density at radius 3 is 3.12 bits per heavy atom. The van der Waals surface area contributed by atoms with Gasteiger partial charge in [-0.05, 0) is 38.0 Å². The highest BCUT2D eigenvalue weighted by molar-refractivity contribution is 7.22. The van der Waals surface area contributed by atoms with Crippen molar-refractivity contribution in [1.82, 2.24) is 9.88 Å². The van der Waals surface area contributed by atoms with Gasteiger partial charge in [-0.2, -0.15) is 0 Å². The lowest BCUT2D eigenvalue weighted by Gasteiger charge is -2.30. The molecule has 0 aliphatic carbocycles. The van der Waals surface area contributed by atoms with Crippen LogP contribution in [0.4, 0.5) is 9.93 Å². The molecule has 1 aliphatic heterocycles. The second-order valence-electron chi connectivity index (χ2n) is 5.60. The van der Waals surface area contributed by atoms with Gasteiger partial charge in [0.15, 0.2) is 5.13 Å². The standard InChI is InChI=1S/C16H18ClN3O3S/c1-2-23-16(22)20-7-3-4-10(9-20)14(21)19-15-18-12-6-5-11(17)8-13(12)24-15/h5-6,8,10H,2-4,7,9H2,1H3,(H,18,19,21). The Balaban J connectivity index is 1.65. The van der Waals surface area contributed by atoms with Crippen molar-refractivity contribution in [2.75, 3.05) is 25.0 Å². The van der Waals surface area contributed by atoms with Crippen molar-refractivity contribution < 1.29 is 14.3 Å². The summed E-state index contributed by atoms with van der Waals surface area (Å²) >= 11 is 7.36. The van der Waals surface area contributed by atoms with Gasteiger partial charge in [0.2, 0.25) is 5.91 Å². The molecule has 128 valence electrons. The average molecular weight is 368 g/mol. The summed E-state index contributed by atoms with van der Waals surface area (Å²) in [5, 5.41) is 4.05. The number of carbonyl (C=O) groups excluding carboxylic acids is 2. The number of hydrogen-bond acceptors (Lipinski definition) is 5. The van der Waals surface area contributed by atoms with Crippen LogP contribution in [-0.4, -0.2) is 41.6 Å². The van der Waals surface area contributed by atoms with E-state index in [4.69, 9.17) is 16.3 Å². The zero-order chi connectivity index (χ0) is 17.1. The SMILES string of the molecule is CCOC(=O)N1CCCC(C(=O)Nc2nc3ccc(Cl)cc3s2)C1. The molecule has 1 aromatic carbocycles. The maximum Gasteiger partial charge on any atom is 0.409 e. The summed E-state index contributed by atoms with van der Waals surface area (Å²) in [6, 6.07) is 5.42. The van der Waals surface area contributed by atoms with Crippen LogP contribution >= 0.6 is 22.9 Å². The zero-order valence-corrected chi connectivity index (χ0v) is 14.8. The monoisotopic (exact) mass is 367 g/mol. The smallest absolute Gasteiger partial charge is 0.409 e. The molecule has 0 radical (unpaired) electrons. The molecule has 2 amide bonds. The number of nitrogens with one attached hydrogen (secondary N) is 1. The maximum absolute atomic E-state index is 12.5. The number of piperidine rings is 1. The predicted molar refractivity (Wildman–Crippen MR) is 94.6 cm³/mol. The summed E-state index contributed by atoms with van der Waals surface area (Å²) in [5.74, 6) is -0.368. The number of fused-ring (bicyclic) bond motifs is 1. The summed E-state index contributed by atoms with van der Waals surface area (Å²) in [7, 11) is 0. The third kappa shape index (κ3) is 3.79. The van der Waals surface area contributed by atoms with E-state index in [9.17, 15) is 9.59 Å². The molecule has 6 nitrogen and oxygen atoms in total. The van der Waals surface area contributed by atoms with Crippen molar-refractivity contribution in [3.63, 3.8) is 0 Å². The normalized spacial score (nSPS) is 17.8. The number of anilines is 1. The van der Waals surface area contributed by atoms with E-state index in [1.54, 1.807) is 17.9 Å². The van der Waals surface area contributed by atoms with Gasteiger partial charge in [-0.15, -0.1) is 0 Å². The minimum atomic E-state index is -0.357. The van der Waals surface area contributed by atoms with Crippen molar-refractivity contribution in [3.05, 3.63) is 23.2 Å². The van der Waals surface area contributed by atoms with Crippen molar-refractivity contribution in [3.8, 4) is 0 Å². The van der Waals surface area contributed by atoms with Crippen LogP contribution in [0.5, 0.6) is 0 Å². The van der Waals surface area contributed by atoms with Crippen LogP contribution in [-0.2, 0) is 9.53 Å². The molecule has 2 heterocycles. The van der Waals surface area contributed by atoms with Crippen LogP contribution in [0.25, 0.3) is 10.2 Å². The molecule has 1 N–H and O–H groups in total. The van der Waals surface area contributed by atoms with E-state index >= 15 is 0 Å². The number of hydrogen-bond donors (Lipinski definition) is 1. The Kier molecular flexibility index (Phi) is 5.20. The lowest BCUT2D eigenvalue weighted by Crippen LogP contribution is -2.44. The molecule has 8 heteroatoms. The summed E-state index contributed by atoms with van der Waals surface area (Å²) in [6.07, 6.45) is 1.18. The van der Waals surface area contributed by atoms with Gasteiger partial charge in [0.05, 0.1) is 22.7 Å². The van der Waals surface area contributed by atoms with Crippen molar-refractivity contribution in [2.24, 2.45) is 5.92 Å².